The van der Waals surface area contributed by atoms with Crippen molar-refractivity contribution in [3.8, 4) is 0 Å². The maximum atomic E-state index is 6.04. The third-order valence-corrected chi connectivity index (χ3v) is 3.80. The van der Waals surface area contributed by atoms with Crippen LogP contribution in [0.4, 0.5) is 17.6 Å². The normalized spacial score (nSPS) is 14.5. The van der Waals surface area contributed by atoms with E-state index in [1.807, 2.05) is 18.2 Å². The number of benzene rings is 1. The van der Waals surface area contributed by atoms with Crippen molar-refractivity contribution in [2.24, 2.45) is 0 Å². The number of hydrogen-bond acceptors (Lipinski definition) is 5. The van der Waals surface area contributed by atoms with Crippen molar-refractivity contribution in [3.63, 3.8) is 0 Å². The lowest BCUT2D eigenvalue weighted by atomic mass is 10.1. The second kappa shape index (κ2) is 6.26. The van der Waals surface area contributed by atoms with E-state index in [9.17, 15) is 0 Å². The van der Waals surface area contributed by atoms with E-state index >= 15 is 0 Å². The first kappa shape index (κ1) is 14.1. The largest absolute Gasteiger partial charge is 0.341 e. The smallest absolute Gasteiger partial charge is 0.233 e. The summed E-state index contributed by atoms with van der Waals surface area (Å²) < 4.78 is 0. The molecule has 1 aliphatic heterocycles. The average molecular weight is 304 g/mol. The maximum absolute atomic E-state index is 6.04. The molecule has 2 aromatic rings. The first-order valence-electron chi connectivity index (χ1n) is 7.27. The van der Waals surface area contributed by atoms with Crippen LogP contribution in [-0.2, 0) is 6.42 Å². The van der Waals surface area contributed by atoms with Gasteiger partial charge in [-0.1, -0.05) is 25.1 Å². The van der Waals surface area contributed by atoms with Gasteiger partial charge in [-0.3, -0.25) is 0 Å². The summed E-state index contributed by atoms with van der Waals surface area (Å²) in [5.74, 6) is 1.15. The molecule has 0 spiro atoms. The van der Waals surface area contributed by atoms with E-state index in [1.54, 1.807) is 0 Å². The molecule has 1 aliphatic rings. The Hall–Kier alpha value is -1.88. The maximum Gasteiger partial charge on any atom is 0.233 e. The molecule has 0 atom stereocenters. The Labute approximate surface area is 129 Å². The topological polar surface area (TPSA) is 53.9 Å². The average Bonchev–Trinajstić information content (AvgIpc) is 3.01. The first-order valence-corrected chi connectivity index (χ1v) is 7.65. The Bertz CT molecular complexity index is 625. The lowest BCUT2D eigenvalue weighted by Gasteiger charge is -2.16. The van der Waals surface area contributed by atoms with Gasteiger partial charge in [-0.25, -0.2) is 0 Å². The lowest BCUT2D eigenvalue weighted by molar-refractivity contribution is 0.882. The third-order valence-electron chi connectivity index (χ3n) is 3.63. The van der Waals surface area contributed by atoms with E-state index in [2.05, 4.69) is 38.2 Å². The summed E-state index contributed by atoms with van der Waals surface area (Å²) in [6.45, 7) is 4.08. The molecule has 21 heavy (non-hydrogen) atoms. The summed E-state index contributed by atoms with van der Waals surface area (Å²) in [7, 11) is 0. The van der Waals surface area contributed by atoms with Crippen molar-refractivity contribution in [1.29, 1.82) is 0 Å². The highest BCUT2D eigenvalue weighted by molar-refractivity contribution is 6.28. The van der Waals surface area contributed by atoms with Crippen molar-refractivity contribution < 1.29 is 0 Å². The minimum Gasteiger partial charge on any atom is -0.341 e. The van der Waals surface area contributed by atoms with Crippen LogP contribution in [0.15, 0.2) is 24.3 Å². The van der Waals surface area contributed by atoms with E-state index in [0.29, 0.717) is 11.9 Å². The molecule has 0 amide bonds. The number of rotatable bonds is 4. The molecular weight excluding hydrogens is 286 g/mol. The Morgan fingerprint density at radius 2 is 1.90 bits per heavy atom. The molecule has 1 aromatic carbocycles. The number of aromatic nitrogens is 3. The van der Waals surface area contributed by atoms with Gasteiger partial charge >= 0.3 is 0 Å². The van der Waals surface area contributed by atoms with Gasteiger partial charge in [0.05, 0.1) is 0 Å². The fourth-order valence-corrected chi connectivity index (χ4v) is 2.68. The number of nitrogens with one attached hydrogen (secondary N) is 1. The van der Waals surface area contributed by atoms with Gasteiger partial charge in [0.1, 0.15) is 0 Å². The van der Waals surface area contributed by atoms with Gasteiger partial charge in [0, 0.05) is 18.8 Å². The van der Waals surface area contributed by atoms with E-state index in [-0.39, 0.29) is 5.28 Å². The molecule has 2 heterocycles. The fourth-order valence-electron chi connectivity index (χ4n) is 2.53. The molecule has 1 fully saturated rings. The number of hydrogen-bond donors (Lipinski definition) is 1. The van der Waals surface area contributed by atoms with Crippen LogP contribution in [0.3, 0.4) is 0 Å². The molecule has 0 radical (unpaired) electrons. The molecule has 1 aromatic heterocycles. The van der Waals surface area contributed by atoms with Gasteiger partial charge in [0.2, 0.25) is 17.2 Å². The van der Waals surface area contributed by atoms with E-state index in [0.717, 1.165) is 25.2 Å². The van der Waals surface area contributed by atoms with Crippen molar-refractivity contribution in [1.82, 2.24) is 15.0 Å². The first-order chi connectivity index (χ1) is 10.3. The predicted molar refractivity (Wildman–Crippen MR) is 85.4 cm³/mol. The number of para-hydroxylation sites is 1. The summed E-state index contributed by atoms with van der Waals surface area (Å²) >= 11 is 6.04. The quantitative estimate of drug-likeness (QED) is 0.938. The van der Waals surface area contributed by atoms with Crippen LogP contribution >= 0.6 is 11.6 Å². The standard InChI is InChI=1S/C15H18ClN5/c1-2-11-7-3-4-8-12(11)17-14-18-13(16)19-15(20-14)21-9-5-6-10-21/h3-4,7-8H,2,5-6,9-10H2,1H3,(H,17,18,19,20). The predicted octanol–water partition coefficient (Wildman–Crippen LogP) is 3.43. The lowest BCUT2D eigenvalue weighted by Crippen LogP contribution is -2.21. The van der Waals surface area contributed by atoms with Crippen LogP contribution in [-0.4, -0.2) is 28.0 Å². The molecule has 110 valence electrons. The van der Waals surface area contributed by atoms with Crippen LogP contribution in [0.2, 0.25) is 5.28 Å². The van der Waals surface area contributed by atoms with Gasteiger partial charge < -0.3 is 10.2 Å². The summed E-state index contributed by atoms with van der Waals surface area (Å²) in [5, 5.41) is 3.48. The van der Waals surface area contributed by atoms with Crippen molar-refractivity contribution in [2.45, 2.75) is 26.2 Å². The highest BCUT2D eigenvalue weighted by atomic mass is 35.5. The molecule has 3 rings (SSSR count). The summed E-state index contributed by atoms with van der Waals surface area (Å²) in [4.78, 5) is 15.0. The molecule has 1 saturated heterocycles. The monoisotopic (exact) mass is 303 g/mol. The summed E-state index contributed by atoms with van der Waals surface area (Å²) in [5.41, 5.74) is 2.23. The molecule has 0 bridgehead atoms. The minimum atomic E-state index is 0.225. The third kappa shape index (κ3) is 3.24. The van der Waals surface area contributed by atoms with Crippen LogP contribution in [0.25, 0.3) is 0 Å². The van der Waals surface area contributed by atoms with Gasteiger partial charge in [0.25, 0.3) is 0 Å². The minimum absolute atomic E-state index is 0.225. The van der Waals surface area contributed by atoms with Crippen molar-refractivity contribution in [3.05, 3.63) is 35.1 Å². The Morgan fingerprint density at radius 1 is 1.14 bits per heavy atom. The van der Waals surface area contributed by atoms with Crippen LogP contribution in [0.5, 0.6) is 0 Å². The van der Waals surface area contributed by atoms with Gasteiger partial charge in [-0.15, -0.1) is 0 Å². The molecule has 0 aliphatic carbocycles. The molecule has 0 unspecified atom stereocenters. The zero-order valence-electron chi connectivity index (χ0n) is 12.0. The zero-order valence-corrected chi connectivity index (χ0v) is 12.8. The Kier molecular flexibility index (Phi) is 4.20. The van der Waals surface area contributed by atoms with E-state index in [1.165, 1.54) is 18.4 Å². The number of nitrogens with zero attached hydrogens (tertiary/aromatic N) is 4. The Morgan fingerprint density at radius 3 is 2.67 bits per heavy atom. The fraction of sp³-hybridized carbons (Fsp3) is 0.400. The molecule has 1 N–H and O–H groups in total. The summed E-state index contributed by atoms with van der Waals surface area (Å²) in [6, 6.07) is 8.13. The van der Waals surface area contributed by atoms with Crippen molar-refractivity contribution >= 4 is 29.2 Å². The van der Waals surface area contributed by atoms with Crippen LogP contribution < -0.4 is 10.2 Å². The molecule has 6 heteroatoms. The van der Waals surface area contributed by atoms with Gasteiger partial charge in [-0.05, 0) is 42.5 Å². The van der Waals surface area contributed by atoms with E-state index < -0.39 is 0 Å². The molecule has 5 nitrogen and oxygen atoms in total. The molecular formula is C15H18ClN5. The van der Waals surface area contributed by atoms with Gasteiger partial charge in [0.15, 0.2) is 0 Å². The molecule has 0 saturated carbocycles. The summed E-state index contributed by atoms with van der Waals surface area (Å²) in [6.07, 6.45) is 3.29. The number of aryl methyl sites for hydroxylation is 1. The van der Waals surface area contributed by atoms with Gasteiger partial charge in [-0.2, -0.15) is 15.0 Å². The Balaban J connectivity index is 1.88. The number of anilines is 3. The highest BCUT2D eigenvalue weighted by Crippen LogP contribution is 2.22. The second-order valence-corrected chi connectivity index (χ2v) is 5.40. The highest BCUT2D eigenvalue weighted by Gasteiger charge is 2.17. The van der Waals surface area contributed by atoms with Crippen LogP contribution in [0, 0.1) is 0 Å². The number of halogens is 1. The van der Waals surface area contributed by atoms with E-state index in [4.69, 9.17) is 11.6 Å². The zero-order chi connectivity index (χ0) is 14.7. The SMILES string of the molecule is CCc1ccccc1Nc1nc(Cl)nc(N2CCCC2)n1. The second-order valence-electron chi connectivity index (χ2n) is 5.06. The van der Waals surface area contributed by atoms with Crippen LogP contribution in [0.1, 0.15) is 25.3 Å². The van der Waals surface area contributed by atoms with Crippen molar-refractivity contribution in [2.75, 3.05) is 23.3 Å².